The summed E-state index contributed by atoms with van der Waals surface area (Å²) in [5, 5.41) is 0. The average Bonchev–Trinajstić information content (AvgIpc) is 2.43. The van der Waals surface area contributed by atoms with E-state index in [4.69, 9.17) is 10.5 Å². The zero-order valence-corrected chi connectivity index (χ0v) is 10.9. The van der Waals surface area contributed by atoms with E-state index in [0.717, 1.165) is 17.6 Å². The summed E-state index contributed by atoms with van der Waals surface area (Å²) in [6, 6.07) is 0.0104. The zero-order chi connectivity index (χ0) is 13.0. The second-order valence-corrected chi connectivity index (χ2v) is 5.02. The second kappa shape index (κ2) is 5.51. The average molecular weight is 243 g/mol. The summed E-state index contributed by atoms with van der Waals surface area (Å²) in [6.45, 7) is 7.52. The molecule has 96 valence electrons. The summed E-state index contributed by atoms with van der Waals surface area (Å²) in [6.07, 6.45) is 15.6. The lowest BCUT2D eigenvalue weighted by Crippen LogP contribution is -2.27. The Bertz CT molecular complexity index is 440. The van der Waals surface area contributed by atoms with Crippen LogP contribution in [0.4, 0.5) is 0 Å². The fraction of sp³-hybridized carbons (Fsp3) is 0.375. The Morgan fingerprint density at radius 2 is 2.22 bits per heavy atom. The van der Waals surface area contributed by atoms with E-state index in [2.05, 4.69) is 37.0 Å². The normalized spacial score (nSPS) is 34.3. The Morgan fingerprint density at radius 1 is 1.39 bits per heavy atom. The minimum atomic E-state index is -0.110. The lowest BCUT2D eigenvalue weighted by atomic mass is 9.75. The van der Waals surface area contributed by atoms with Crippen molar-refractivity contribution in [3.05, 3.63) is 60.3 Å². The van der Waals surface area contributed by atoms with Gasteiger partial charge >= 0.3 is 0 Å². The van der Waals surface area contributed by atoms with E-state index in [1.807, 2.05) is 19.1 Å². The van der Waals surface area contributed by atoms with Crippen molar-refractivity contribution in [1.29, 1.82) is 0 Å². The summed E-state index contributed by atoms with van der Waals surface area (Å²) in [4.78, 5) is 0. The third kappa shape index (κ3) is 2.71. The van der Waals surface area contributed by atoms with Crippen molar-refractivity contribution in [3.63, 3.8) is 0 Å². The summed E-state index contributed by atoms with van der Waals surface area (Å²) >= 11 is 0. The first-order chi connectivity index (χ1) is 8.64. The van der Waals surface area contributed by atoms with Gasteiger partial charge in [-0.2, -0.15) is 0 Å². The van der Waals surface area contributed by atoms with E-state index in [-0.39, 0.29) is 11.5 Å². The van der Waals surface area contributed by atoms with Gasteiger partial charge in [0.15, 0.2) is 0 Å². The van der Waals surface area contributed by atoms with Crippen LogP contribution in [0.2, 0.25) is 0 Å². The van der Waals surface area contributed by atoms with Gasteiger partial charge in [0.25, 0.3) is 0 Å². The van der Waals surface area contributed by atoms with E-state index in [1.165, 1.54) is 0 Å². The predicted octanol–water partition coefficient (Wildman–Crippen LogP) is 2.91. The number of allylic oxidation sites excluding steroid dienone is 4. The zero-order valence-electron chi connectivity index (χ0n) is 10.9. The molecule has 1 unspecified atom stereocenters. The van der Waals surface area contributed by atoms with Gasteiger partial charge in [-0.1, -0.05) is 49.1 Å². The highest BCUT2D eigenvalue weighted by molar-refractivity contribution is 5.40. The van der Waals surface area contributed by atoms with Crippen molar-refractivity contribution >= 4 is 0 Å². The Kier molecular flexibility index (Phi) is 4.00. The molecule has 1 heterocycles. The van der Waals surface area contributed by atoms with E-state index >= 15 is 0 Å². The minimum Gasteiger partial charge on any atom is -0.376 e. The molecular formula is C16H21NO. The van der Waals surface area contributed by atoms with Gasteiger partial charge in [0.2, 0.25) is 0 Å². The van der Waals surface area contributed by atoms with E-state index in [0.29, 0.717) is 13.2 Å². The summed E-state index contributed by atoms with van der Waals surface area (Å²) < 4.78 is 5.74. The SMILES string of the molecule is C=C1/C=C([C@@H](C)N)\C=C/COCC12C=CC=CC2. The van der Waals surface area contributed by atoms with Crippen molar-refractivity contribution in [2.45, 2.75) is 19.4 Å². The Hall–Kier alpha value is -1.38. The van der Waals surface area contributed by atoms with Gasteiger partial charge in [-0.3, -0.25) is 0 Å². The minimum absolute atomic E-state index is 0.0104. The highest BCUT2D eigenvalue weighted by Crippen LogP contribution is 2.37. The van der Waals surface area contributed by atoms with E-state index < -0.39 is 0 Å². The molecule has 1 aliphatic heterocycles. The first-order valence-electron chi connectivity index (χ1n) is 6.39. The van der Waals surface area contributed by atoms with E-state index in [9.17, 15) is 0 Å². The molecule has 1 aliphatic carbocycles. The van der Waals surface area contributed by atoms with Crippen LogP contribution in [0.1, 0.15) is 13.3 Å². The standard InChI is InChI=1S/C16H21NO/c1-13-11-15(14(2)17)7-6-10-18-12-16(13)8-4-3-5-9-16/h3-8,11,14H,1,9-10,12,17H2,2H3/b7-6-,15-11+/t14-,16?/m1/s1. The van der Waals surface area contributed by atoms with Crippen molar-refractivity contribution < 1.29 is 4.74 Å². The van der Waals surface area contributed by atoms with Crippen LogP contribution in [0.5, 0.6) is 0 Å². The second-order valence-electron chi connectivity index (χ2n) is 5.02. The molecule has 2 heteroatoms. The third-order valence-corrected chi connectivity index (χ3v) is 3.53. The number of ether oxygens (including phenoxy) is 1. The monoisotopic (exact) mass is 243 g/mol. The fourth-order valence-electron chi connectivity index (χ4n) is 2.27. The molecule has 2 N–H and O–H groups in total. The fourth-order valence-corrected chi connectivity index (χ4v) is 2.27. The maximum absolute atomic E-state index is 5.99. The van der Waals surface area contributed by atoms with Gasteiger partial charge in [0.05, 0.1) is 13.2 Å². The molecule has 18 heavy (non-hydrogen) atoms. The molecular weight excluding hydrogens is 222 g/mol. The molecule has 0 aromatic heterocycles. The number of rotatable bonds is 1. The van der Waals surface area contributed by atoms with Crippen LogP contribution in [-0.4, -0.2) is 19.3 Å². The number of hydrogen-bond acceptors (Lipinski definition) is 2. The molecule has 0 saturated carbocycles. The molecule has 0 fully saturated rings. The van der Waals surface area contributed by atoms with Crippen LogP contribution in [0.3, 0.4) is 0 Å². The summed E-state index contributed by atoms with van der Waals surface area (Å²) in [7, 11) is 0. The Morgan fingerprint density at radius 3 is 2.89 bits per heavy atom. The van der Waals surface area contributed by atoms with Gasteiger partial charge in [0, 0.05) is 11.5 Å². The molecule has 0 radical (unpaired) electrons. The first-order valence-corrected chi connectivity index (χ1v) is 6.39. The largest absolute Gasteiger partial charge is 0.376 e. The highest BCUT2D eigenvalue weighted by atomic mass is 16.5. The molecule has 0 aromatic carbocycles. The molecule has 0 bridgehead atoms. The van der Waals surface area contributed by atoms with Crippen LogP contribution in [-0.2, 0) is 4.74 Å². The predicted molar refractivity (Wildman–Crippen MR) is 76.2 cm³/mol. The molecule has 0 saturated heterocycles. The highest BCUT2D eigenvalue weighted by Gasteiger charge is 2.30. The van der Waals surface area contributed by atoms with Crippen LogP contribution in [0.25, 0.3) is 0 Å². The maximum atomic E-state index is 5.99. The lowest BCUT2D eigenvalue weighted by Gasteiger charge is -2.32. The molecule has 0 aromatic rings. The van der Waals surface area contributed by atoms with Crippen molar-refractivity contribution in [2.24, 2.45) is 11.1 Å². The van der Waals surface area contributed by atoms with Crippen LogP contribution in [0, 0.1) is 5.41 Å². The topological polar surface area (TPSA) is 35.2 Å². The summed E-state index contributed by atoms with van der Waals surface area (Å²) in [5.74, 6) is 0. The maximum Gasteiger partial charge on any atom is 0.0651 e. The summed E-state index contributed by atoms with van der Waals surface area (Å²) in [5.41, 5.74) is 8.05. The van der Waals surface area contributed by atoms with Gasteiger partial charge < -0.3 is 10.5 Å². The molecule has 2 aliphatic rings. The van der Waals surface area contributed by atoms with E-state index in [1.54, 1.807) is 0 Å². The molecule has 2 atom stereocenters. The van der Waals surface area contributed by atoms with Gasteiger partial charge in [-0.25, -0.2) is 0 Å². The van der Waals surface area contributed by atoms with Gasteiger partial charge in [-0.05, 0) is 24.5 Å². The molecule has 0 amide bonds. The van der Waals surface area contributed by atoms with Gasteiger partial charge in [-0.15, -0.1) is 0 Å². The molecule has 2 rings (SSSR count). The van der Waals surface area contributed by atoms with Gasteiger partial charge in [0.1, 0.15) is 0 Å². The number of nitrogens with two attached hydrogens (primary N) is 1. The lowest BCUT2D eigenvalue weighted by molar-refractivity contribution is 0.107. The van der Waals surface area contributed by atoms with Crippen LogP contribution >= 0.6 is 0 Å². The smallest absolute Gasteiger partial charge is 0.0651 e. The Balaban J connectivity index is 2.34. The van der Waals surface area contributed by atoms with Crippen molar-refractivity contribution in [2.75, 3.05) is 13.2 Å². The molecule has 2 nitrogen and oxygen atoms in total. The Labute approximate surface area is 109 Å². The van der Waals surface area contributed by atoms with Crippen molar-refractivity contribution in [1.82, 2.24) is 0 Å². The quantitative estimate of drug-likeness (QED) is 0.768. The third-order valence-electron chi connectivity index (χ3n) is 3.53. The van der Waals surface area contributed by atoms with Crippen molar-refractivity contribution in [3.8, 4) is 0 Å². The van der Waals surface area contributed by atoms with Crippen LogP contribution < -0.4 is 5.73 Å². The van der Waals surface area contributed by atoms with Crippen LogP contribution in [0.15, 0.2) is 60.3 Å². The number of hydrogen-bond donors (Lipinski definition) is 1. The molecule has 1 spiro atoms. The first kappa shape index (κ1) is 13.1.